The number of benzene rings is 1. The molecular formula is C24H26F2N2O5S2. The number of hydrogen-bond acceptors (Lipinski definition) is 7. The highest BCUT2D eigenvalue weighted by Crippen LogP contribution is 2.38. The fourth-order valence-electron chi connectivity index (χ4n) is 3.47. The molecule has 0 spiro atoms. The minimum atomic E-state index is -4.42. The van der Waals surface area contributed by atoms with E-state index < -0.39 is 33.5 Å². The zero-order chi connectivity index (χ0) is 26.1. The van der Waals surface area contributed by atoms with E-state index in [4.69, 9.17) is 4.74 Å². The lowest BCUT2D eigenvalue weighted by Gasteiger charge is -2.21. The summed E-state index contributed by atoms with van der Waals surface area (Å²) in [5.74, 6) is -2.23. The topological polar surface area (TPSA) is 106 Å². The summed E-state index contributed by atoms with van der Waals surface area (Å²) in [7, 11) is -3.03. The molecule has 0 aliphatic heterocycles. The van der Waals surface area contributed by atoms with Crippen LogP contribution in [0, 0.1) is 5.82 Å². The summed E-state index contributed by atoms with van der Waals surface area (Å²) < 4.78 is 62.4. The summed E-state index contributed by atoms with van der Waals surface area (Å²) in [6.45, 7) is 6.39. The molecule has 0 saturated heterocycles. The van der Waals surface area contributed by atoms with E-state index in [1.165, 1.54) is 50.7 Å². The second-order valence-electron chi connectivity index (χ2n) is 8.74. The first kappa shape index (κ1) is 26.7. The molecule has 1 unspecified atom stereocenters. The first-order valence-electron chi connectivity index (χ1n) is 10.6. The number of halogens is 2. The van der Waals surface area contributed by atoms with Gasteiger partial charge in [0.1, 0.15) is 10.0 Å². The van der Waals surface area contributed by atoms with Gasteiger partial charge in [0.2, 0.25) is 12.1 Å². The molecule has 0 aliphatic rings. The SMILES string of the molecule is COc1cc(-c2cc(F)cc(C(C)C)c2C(F)C(=O)NS(=O)(=O)c2cc(C(C)(C)O)cs2)ccn1. The van der Waals surface area contributed by atoms with Crippen molar-refractivity contribution in [3.05, 3.63) is 64.4 Å². The van der Waals surface area contributed by atoms with Gasteiger partial charge in [0.05, 0.1) is 12.7 Å². The number of carbonyl (C=O) groups is 1. The third kappa shape index (κ3) is 5.85. The Morgan fingerprint density at radius 1 is 1.23 bits per heavy atom. The van der Waals surface area contributed by atoms with Crippen molar-refractivity contribution in [2.45, 2.75) is 49.6 Å². The molecule has 7 nitrogen and oxygen atoms in total. The van der Waals surface area contributed by atoms with Gasteiger partial charge in [-0.2, -0.15) is 0 Å². The van der Waals surface area contributed by atoms with Gasteiger partial charge in [0.25, 0.3) is 15.9 Å². The van der Waals surface area contributed by atoms with Crippen molar-refractivity contribution in [3.8, 4) is 17.0 Å². The Hall–Kier alpha value is -2.89. The molecule has 35 heavy (non-hydrogen) atoms. The maximum atomic E-state index is 15.8. The van der Waals surface area contributed by atoms with Gasteiger partial charge in [-0.15, -0.1) is 11.3 Å². The third-order valence-electron chi connectivity index (χ3n) is 5.32. The van der Waals surface area contributed by atoms with E-state index in [-0.39, 0.29) is 32.7 Å². The van der Waals surface area contributed by atoms with Crippen molar-refractivity contribution >= 4 is 27.3 Å². The zero-order valence-corrected chi connectivity index (χ0v) is 21.4. The predicted octanol–water partition coefficient (Wildman–Crippen LogP) is 4.82. The average Bonchev–Trinajstić information content (AvgIpc) is 3.30. The highest BCUT2D eigenvalue weighted by molar-refractivity contribution is 7.92. The van der Waals surface area contributed by atoms with Gasteiger partial charge in [0, 0.05) is 17.8 Å². The number of nitrogens with one attached hydrogen (secondary N) is 1. The Balaban J connectivity index is 2.05. The zero-order valence-electron chi connectivity index (χ0n) is 19.8. The van der Waals surface area contributed by atoms with Crippen LogP contribution < -0.4 is 9.46 Å². The van der Waals surface area contributed by atoms with E-state index in [9.17, 15) is 22.7 Å². The van der Waals surface area contributed by atoms with Crippen LogP contribution in [0.4, 0.5) is 8.78 Å². The molecule has 1 amide bonds. The van der Waals surface area contributed by atoms with Gasteiger partial charge >= 0.3 is 0 Å². The summed E-state index contributed by atoms with van der Waals surface area (Å²) in [4.78, 5) is 16.9. The van der Waals surface area contributed by atoms with Crippen LogP contribution in [0.25, 0.3) is 11.1 Å². The predicted molar refractivity (Wildman–Crippen MR) is 129 cm³/mol. The molecule has 0 radical (unpaired) electrons. The summed E-state index contributed by atoms with van der Waals surface area (Å²) in [6, 6.07) is 6.41. The Labute approximate surface area is 206 Å². The monoisotopic (exact) mass is 524 g/mol. The van der Waals surface area contributed by atoms with E-state index in [1.54, 1.807) is 18.6 Å². The second kappa shape index (κ2) is 10.00. The van der Waals surface area contributed by atoms with Crippen molar-refractivity contribution in [1.82, 2.24) is 9.71 Å². The second-order valence-corrected chi connectivity index (χ2v) is 11.6. The van der Waals surface area contributed by atoms with Crippen LogP contribution in [0.5, 0.6) is 5.88 Å². The van der Waals surface area contributed by atoms with Gasteiger partial charge in [-0.05, 0) is 71.7 Å². The molecule has 11 heteroatoms. The van der Waals surface area contributed by atoms with Gasteiger partial charge in [0.15, 0.2) is 0 Å². The number of ether oxygens (including phenoxy) is 1. The van der Waals surface area contributed by atoms with Gasteiger partial charge in [-0.3, -0.25) is 4.79 Å². The molecule has 0 bridgehead atoms. The molecule has 0 fully saturated rings. The molecular weight excluding hydrogens is 498 g/mol. The van der Waals surface area contributed by atoms with Crippen LogP contribution in [-0.2, 0) is 20.4 Å². The standard InChI is InChI=1S/C24H26F2N2O5S2/c1-13(2)17-10-16(25)11-18(14-6-7-27-19(8-14)33-5)21(17)22(26)23(29)28-35(31,32)20-9-15(12-34-20)24(3,4)30/h6-13,22,30H,1-5H3,(H,28,29). The fraction of sp³-hybridized carbons (Fsp3) is 0.333. The highest BCUT2D eigenvalue weighted by Gasteiger charge is 2.32. The number of rotatable bonds is 8. The number of thiophene rings is 1. The lowest BCUT2D eigenvalue weighted by molar-refractivity contribution is -0.124. The quantitative estimate of drug-likeness (QED) is 0.438. The minimum absolute atomic E-state index is 0.0786. The number of nitrogens with zero attached hydrogens (tertiary/aromatic N) is 1. The van der Waals surface area contributed by atoms with Crippen molar-refractivity contribution in [1.29, 1.82) is 0 Å². The Morgan fingerprint density at radius 3 is 2.49 bits per heavy atom. The summed E-state index contributed by atoms with van der Waals surface area (Å²) in [6.07, 6.45) is -1.03. The molecule has 1 aromatic carbocycles. The van der Waals surface area contributed by atoms with E-state index in [2.05, 4.69) is 4.98 Å². The van der Waals surface area contributed by atoms with Crippen LogP contribution >= 0.6 is 11.3 Å². The van der Waals surface area contributed by atoms with Crippen molar-refractivity contribution in [2.75, 3.05) is 7.11 Å². The number of amides is 1. The van der Waals surface area contributed by atoms with Gasteiger partial charge in [-0.1, -0.05) is 13.8 Å². The summed E-state index contributed by atoms with van der Waals surface area (Å²) in [5.41, 5.74) is -0.462. The number of alkyl halides is 1. The Bertz CT molecular complexity index is 1350. The Morgan fingerprint density at radius 2 is 1.91 bits per heavy atom. The summed E-state index contributed by atoms with van der Waals surface area (Å²) in [5, 5.41) is 11.5. The largest absolute Gasteiger partial charge is 0.481 e. The van der Waals surface area contributed by atoms with E-state index in [1.807, 2.05) is 0 Å². The number of carbonyl (C=O) groups excluding carboxylic acids is 1. The van der Waals surface area contributed by atoms with Crippen LogP contribution in [0.2, 0.25) is 0 Å². The van der Waals surface area contributed by atoms with Crippen molar-refractivity contribution in [3.63, 3.8) is 0 Å². The van der Waals surface area contributed by atoms with Crippen molar-refractivity contribution < 1.29 is 31.8 Å². The number of aliphatic hydroxyl groups is 1. The molecule has 0 aliphatic carbocycles. The van der Waals surface area contributed by atoms with E-state index in [0.717, 1.165) is 23.5 Å². The maximum Gasteiger partial charge on any atom is 0.273 e. The molecule has 1 atom stereocenters. The van der Waals surface area contributed by atoms with Gasteiger partial charge < -0.3 is 9.84 Å². The lowest BCUT2D eigenvalue weighted by atomic mass is 9.87. The number of aromatic nitrogens is 1. The van der Waals surface area contributed by atoms with Crippen molar-refractivity contribution in [2.24, 2.45) is 0 Å². The van der Waals surface area contributed by atoms with Gasteiger partial charge in [-0.25, -0.2) is 26.9 Å². The smallest absolute Gasteiger partial charge is 0.273 e. The van der Waals surface area contributed by atoms with Crippen LogP contribution in [0.15, 0.2) is 46.1 Å². The number of methoxy groups -OCH3 is 1. The number of hydrogen-bond donors (Lipinski definition) is 2. The highest BCUT2D eigenvalue weighted by atomic mass is 32.2. The number of pyridine rings is 1. The fourth-order valence-corrected chi connectivity index (χ4v) is 5.79. The normalized spacial score (nSPS) is 13.1. The first-order valence-corrected chi connectivity index (χ1v) is 13.0. The number of sulfonamides is 1. The van der Waals surface area contributed by atoms with E-state index in [0.29, 0.717) is 11.1 Å². The average molecular weight is 525 g/mol. The van der Waals surface area contributed by atoms with Crippen LogP contribution in [0.1, 0.15) is 56.5 Å². The molecule has 188 valence electrons. The Kier molecular flexibility index (Phi) is 7.63. The molecule has 2 aromatic heterocycles. The summed E-state index contributed by atoms with van der Waals surface area (Å²) >= 11 is 0.791. The third-order valence-corrected chi connectivity index (χ3v) is 8.11. The maximum absolute atomic E-state index is 15.8. The first-order chi connectivity index (χ1) is 16.2. The van der Waals surface area contributed by atoms with E-state index >= 15 is 4.39 Å². The lowest BCUT2D eigenvalue weighted by Crippen LogP contribution is -2.33. The molecule has 2 N–H and O–H groups in total. The minimum Gasteiger partial charge on any atom is -0.481 e. The van der Waals surface area contributed by atoms with Crippen LogP contribution in [0.3, 0.4) is 0 Å². The molecule has 3 rings (SSSR count). The molecule has 2 heterocycles. The van der Waals surface area contributed by atoms with Crippen LogP contribution in [-0.4, -0.2) is 31.5 Å². The molecule has 3 aromatic rings. The molecule has 0 saturated carbocycles.